The zero-order valence-electron chi connectivity index (χ0n) is 10.5. The second-order valence-electron chi connectivity index (χ2n) is 4.83. The van der Waals surface area contributed by atoms with Crippen molar-refractivity contribution < 1.29 is 4.92 Å². The van der Waals surface area contributed by atoms with Crippen LogP contribution >= 0.6 is 15.9 Å². The monoisotopic (exact) mass is 338 g/mol. The average molecular weight is 339 g/mol. The molecule has 2 unspecified atom stereocenters. The molecular formula is C11H11BrN6O2. The fourth-order valence-corrected chi connectivity index (χ4v) is 3.25. The number of hydrogen-bond acceptors (Lipinski definition) is 6. The van der Waals surface area contributed by atoms with E-state index in [2.05, 4.69) is 36.6 Å². The van der Waals surface area contributed by atoms with Gasteiger partial charge in [0.2, 0.25) is 0 Å². The molecular weight excluding hydrogens is 328 g/mol. The Morgan fingerprint density at radius 3 is 2.95 bits per heavy atom. The molecule has 20 heavy (non-hydrogen) atoms. The molecule has 0 radical (unpaired) electrons. The highest BCUT2D eigenvalue weighted by Crippen LogP contribution is 2.49. The van der Waals surface area contributed by atoms with Gasteiger partial charge in [-0.05, 0) is 50.3 Å². The summed E-state index contributed by atoms with van der Waals surface area (Å²) in [6.07, 6.45) is 0.501. The van der Waals surface area contributed by atoms with E-state index in [0.717, 1.165) is 5.56 Å². The molecule has 0 spiro atoms. The second-order valence-corrected chi connectivity index (χ2v) is 5.69. The molecule has 0 fully saturated rings. The third-order valence-corrected chi connectivity index (χ3v) is 4.50. The Hall–Kier alpha value is -2.03. The number of benzene rings is 1. The van der Waals surface area contributed by atoms with Gasteiger partial charge in [0.05, 0.1) is 4.92 Å². The smallest absolute Gasteiger partial charge is 0.296 e. The van der Waals surface area contributed by atoms with Gasteiger partial charge in [-0.1, -0.05) is 6.92 Å². The third-order valence-electron chi connectivity index (χ3n) is 3.84. The SMILES string of the molecule is CC1c2cc(Br)c(N)c([N+](=O)[O-])c2CC1c1nnn[nH]1. The van der Waals surface area contributed by atoms with E-state index in [0.29, 0.717) is 22.3 Å². The first-order chi connectivity index (χ1) is 9.50. The predicted octanol–water partition coefficient (Wildman–Crippen LogP) is 1.90. The number of nitro groups is 1. The number of anilines is 1. The topological polar surface area (TPSA) is 124 Å². The number of nitrogens with two attached hydrogens (primary N) is 1. The maximum absolute atomic E-state index is 11.3. The van der Waals surface area contributed by atoms with Gasteiger partial charge in [0, 0.05) is 16.0 Å². The lowest BCUT2D eigenvalue weighted by Crippen LogP contribution is -2.05. The Bertz CT molecular complexity index is 687. The molecule has 9 heteroatoms. The summed E-state index contributed by atoms with van der Waals surface area (Å²) in [5.74, 6) is 0.709. The third kappa shape index (κ3) is 1.77. The molecule has 104 valence electrons. The predicted molar refractivity (Wildman–Crippen MR) is 74.2 cm³/mol. The van der Waals surface area contributed by atoms with Crippen molar-refractivity contribution in [3.05, 3.63) is 37.6 Å². The van der Waals surface area contributed by atoms with E-state index < -0.39 is 4.92 Å². The molecule has 2 atom stereocenters. The summed E-state index contributed by atoms with van der Waals surface area (Å²) in [5.41, 5.74) is 7.56. The largest absolute Gasteiger partial charge is 0.392 e. The lowest BCUT2D eigenvalue weighted by molar-refractivity contribution is -0.384. The van der Waals surface area contributed by atoms with Crippen LogP contribution in [0.4, 0.5) is 11.4 Å². The molecule has 0 saturated carbocycles. The molecule has 1 aromatic carbocycles. The van der Waals surface area contributed by atoms with Crippen molar-refractivity contribution in [2.24, 2.45) is 0 Å². The van der Waals surface area contributed by atoms with Crippen molar-refractivity contribution in [1.29, 1.82) is 0 Å². The minimum atomic E-state index is -0.424. The molecule has 1 aliphatic rings. The van der Waals surface area contributed by atoms with Gasteiger partial charge in [0.25, 0.3) is 5.69 Å². The van der Waals surface area contributed by atoms with Crippen LogP contribution in [0.2, 0.25) is 0 Å². The molecule has 1 aromatic heterocycles. The zero-order chi connectivity index (χ0) is 14.4. The maximum atomic E-state index is 11.3. The van der Waals surface area contributed by atoms with Gasteiger partial charge < -0.3 is 5.73 Å². The summed E-state index contributed by atoms with van der Waals surface area (Å²) in [6.45, 7) is 2.01. The van der Waals surface area contributed by atoms with Crippen LogP contribution in [-0.2, 0) is 6.42 Å². The second kappa shape index (κ2) is 4.51. The van der Waals surface area contributed by atoms with Crippen molar-refractivity contribution in [2.45, 2.75) is 25.2 Å². The highest BCUT2D eigenvalue weighted by atomic mass is 79.9. The Labute approximate surface area is 122 Å². The van der Waals surface area contributed by atoms with E-state index in [4.69, 9.17) is 5.73 Å². The number of nitrogens with one attached hydrogen (secondary N) is 1. The normalized spacial score (nSPS) is 20.9. The lowest BCUT2D eigenvalue weighted by Gasteiger charge is -2.12. The van der Waals surface area contributed by atoms with Crippen LogP contribution in [0.25, 0.3) is 0 Å². The molecule has 2 aromatic rings. The summed E-state index contributed by atoms with van der Waals surface area (Å²) < 4.78 is 0.547. The number of nitro benzene ring substituents is 1. The van der Waals surface area contributed by atoms with Gasteiger partial charge in [-0.2, -0.15) is 0 Å². The number of aromatic amines is 1. The van der Waals surface area contributed by atoms with E-state index in [1.54, 1.807) is 0 Å². The number of rotatable bonds is 2. The first-order valence-electron chi connectivity index (χ1n) is 5.99. The van der Waals surface area contributed by atoms with Crippen LogP contribution in [0.5, 0.6) is 0 Å². The van der Waals surface area contributed by atoms with E-state index in [1.165, 1.54) is 0 Å². The van der Waals surface area contributed by atoms with Crippen molar-refractivity contribution >= 4 is 27.3 Å². The van der Waals surface area contributed by atoms with Crippen molar-refractivity contribution in [1.82, 2.24) is 20.6 Å². The van der Waals surface area contributed by atoms with Crippen LogP contribution in [0.15, 0.2) is 10.5 Å². The van der Waals surface area contributed by atoms with Crippen LogP contribution in [0, 0.1) is 10.1 Å². The molecule has 3 rings (SSSR count). The molecule has 8 nitrogen and oxygen atoms in total. The zero-order valence-corrected chi connectivity index (χ0v) is 12.1. The summed E-state index contributed by atoms with van der Waals surface area (Å²) in [6, 6.07) is 1.85. The van der Waals surface area contributed by atoms with Crippen LogP contribution in [0.3, 0.4) is 0 Å². The van der Waals surface area contributed by atoms with Gasteiger partial charge in [0.1, 0.15) is 5.69 Å². The maximum Gasteiger partial charge on any atom is 0.296 e. The molecule has 0 amide bonds. The van der Waals surface area contributed by atoms with E-state index in [1.807, 2.05) is 13.0 Å². The number of aromatic nitrogens is 4. The van der Waals surface area contributed by atoms with Gasteiger partial charge >= 0.3 is 0 Å². The van der Waals surface area contributed by atoms with Crippen LogP contribution < -0.4 is 5.73 Å². The molecule has 0 aliphatic heterocycles. The van der Waals surface area contributed by atoms with Gasteiger partial charge in [0.15, 0.2) is 5.82 Å². The highest BCUT2D eigenvalue weighted by Gasteiger charge is 2.38. The minimum absolute atomic E-state index is 0.00704. The van der Waals surface area contributed by atoms with Gasteiger partial charge in [-0.3, -0.25) is 10.1 Å². The lowest BCUT2D eigenvalue weighted by atomic mass is 9.94. The Kier molecular flexibility index (Phi) is 2.93. The number of hydrogen-bond donors (Lipinski definition) is 2. The minimum Gasteiger partial charge on any atom is -0.392 e. The van der Waals surface area contributed by atoms with Gasteiger partial charge in [-0.15, -0.1) is 5.10 Å². The number of nitrogens with zero attached hydrogens (tertiary/aromatic N) is 4. The Balaban J connectivity index is 2.15. The Morgan fingerprint density at radius 1 is 1.60 bits per heavy atom. The van der Waals surface area contributed by atoms with Gasteiger partial charge in [-0.25, -0.2) is 5.10 Å². The summed E-state index contributed by atoms with van der Waals surface area (Å²) in [7, 11) is 0. The number of halogens is 1. The highest BCUT2D eigenvalue weighted by molar-refractivity contribution is 9.10. The molecule has 1 aliphatic carbocycles. The molecule has 0 saturated heterocycles. The standard InChI is InChI=1S/C11H11BrN6O2/c1-4-5-3-8(12)9(13)10(18(19)20)7(5)2-6(4)11-14-16-17-15-11/h3-4,6H,2,13H2,1H3,(H,14,15,16,17). The number of H-pyrrole nitrogens is 1. The summed E-state index contributed by atoms with van der Waals surface area (Å²) in [4.78, 5) is 10.9. The fraction of sp³-hybridized carbons (Fsp3) is 0.364. The first-order valence-corrected chi connectivity index (χ1v) is 6.78. The average Bonchev–Trinajstić information content (AvgIpc) is 3.00. The number of fused-ring (bicyclic) bond motifs is 1. The Morgan fingerprint density at radius 2 is 2.35 bits per heavy atom. The number of nitrogen functional groups attached to an aromatic ring is 1. The van der Waals surface area contributed by atoms with E-state index >= 15 is 0 Å². The molecule has 3 N–H and O–H groups in total. The molecule has 1 heterocycles. The molecule has 0 bridgehead atoms. The fourth-order valence-electron chi connectivity index (χ4n) is 2.81. The quantitative estimate of drug-likeness (QED) is 0.489. The van der Waals surface area contributed by atoms with Crippen LogP contribution in [-0.4, -0.2) is 25.5 Å². The van der Waals surface area contributed by atoms with Crippen molar-refractivity contribution in [2.75, 3.05) is 5.73 Å². The first kappa shape index (κ1) is 13.0. The van der Waals surface area contributed by atoms with E-state index in [9.17, 15) is 10.1 Å². The van der Waals surface area contributed by atoms with E-state index in [-0.39, 0.29) is 23.2 Å². The summed E-state index contributed by atoms with van der Waals surface area (Å²) in [5, 5.41) is 25.1. The summed E-state index contributed by atoms with van der Waals surface area (Å²) >= 11 is 3.29. The number of tetrazole rings is 1. The van der Waals surface area contributed by atoms with Crippen LogP contribution in [0.1, 0.15) is 35.7 Å². The van der Waals surface area contributed by atoms with Crippen molar-refractivity contribution in [3.63, 3.8) is 0 Å². The van der Waals surface area contributed by atoms with Crippen molar-refractivity contribution in [3.8, 4) is 0 Å².